The molecule has 1 heterocycles. The molecule has 1 aromatic carbocycles. The summed E-state index contributed by atoms with van der Waals surface area (Å²) >= 11 is 23.5. The predicted molar refractivity (Wildman–Crippen MR) is 75.1 cm³/mol. The first-order chi connectivity index (χ1) is 8.56. The summed E-state index contributed by atoms with van der Waals surface area (Å²) in [5, 5.41) is 1.58. The summed E-state index contributed by atoms with van der Waals surface area (Å²) in [6.45, 7) is 0.248. The van der Waals surface area contributed by atoms with Crippen LogP contribution in [0.15, 0.2) is 30.3 Å². The van der Waals surface area contributed by atoms with Crippen LogP contribution in [0.4, 0.5) is 0 Å². The lowest BCUT2D eigenvalue weighted by atomic mass is 10.3. The van der Waals surface area contributed by atoms with Crippen molar-refractivity contribution in [2.75, 3.05) is 0 Å². The lowest BCUT2D eigenvalue weighted by molar-refractivity contribution is 0.301. The zero-order valence-electron chi connectivity index (χ0n) is 8.96. The van der Waals surface area contributed by atoms with Crippen LogP contribution in [-0.2, 0) is 6.61 Å². The van der Waals surface area contributed by atoms with Crippen LogP contribution in [0.3, 0.4) is 0 Å². The molecule has 0 N–H and O–H groups in total. The van der Waals surface area contributed by atoms with E-state index in [1.54, 1.807) is 24.3 Å². The van der Waals surface area contributed by atoms with Crippen LogP contribution >= 0.6 is 46.4 Å². The van der Waals surface area contributed by atoms with E-state index >= 15 is 0 Å². The Labute approximate surface area is 124 Å². The quantitative estimate of drug-likeness (QED) is 0.567. The molecule has 0 saturated carbocycles. The van der Waals surface area contributed by atoms with Gasteiger partial charge < -0.3 is 4.74 Å². The molecule has 0 aliphatic heterocycles. The van der Waals surface area contributed by atoms with Crippen LogP contribution in [-0.4, -0.2) is 4.98 Å². The zero-order chi connectivity index (χ0) is 13.1. The number of halogens is 4. The Hall–Kier alpha value is -0.670. The highest BCUT2D eigenvalue weighted by Crippen LogP contribution is 2.34. The van der Waals surface area contributed by atoms with Crippen molar-refractivity contribution in [3.05, 3.63) is 56.2 Å². The number of benzene rings is 1. The number of hydrogen-bond acceptors (Lipinski definition) is 2. The van der Waals surface area contributed by atoms with Gasteiger partial charge in [-0.3, -0.25) is 0 Å². The maximum atomic E-state index is 5.98. The van der Waals surface area contributed by atoms with E-state index in [1.807, 2.05) is 0 Å². The third-order valence-electron chi connectivity index (χ3n) is 2.12. The Bertz CT molecular complexity index is 574. The molecule has 0 atom stereocenters. The minimum Gasteiger partial charge on any atom is -0.486 e. The molecule has 0 radical (unpaired) electrons. The van der Waals surface area contributed by atoms with E-state index < -0.39 is 0 Å². The van der Waals surface area contributed by atoms with E-state index in [0.717, 1.165) is 0 Å². The van der Waals surface area contributed by atoms with Crippen molar-refractivity contribution in [3.8, 4) is 5.75 Å². The van der Waals surface area contributed by atoms with Crippen LogP contribution in [0.1, 0.15) is 5.69 Å². The number of hydrogen-bond donors (Lipinski definition) is 0. The van der Waals surface area contributed by atoms with Crippen molar-refractivity contribution in [1.29, 1.82) is 0 Å². The van der Waals surface area contributed by atoms with Gasteiger partial charge in [0.2, 0.25) is 0 Å². The Morgan fingerprint density at radius 3 is 2.39 bits per heavy atom. The summed E-state index contributed by atoms with van der Waals surface area (Å²) < 4.78 is 5.52. The lowest BCUT2D eigenvalue weighted by Gasteiger charge is -2.09. The van der Waals surface area contributed by atoms with Gasteiger partial charge >= 0.3 is 0 Å². The molecule has 18 heavy (non-hydrogen) atoms. The average molecular weight is 323 g/mol. The number of pyridine rings is 1. The van der Waals surface area contributed by atoms with E-state index in [9.17, 15) is 0 Å². The van der Waals surface area contributed by atoms with Gasteiger partial charge in [-0.2, -0.15) is 0 Å². The Kier molecular flexibility index (Phi) is 4.57. The van der Waals surface area contributed by atoms with Gasteiger partial charge in [-0.15, -0.1) is 0 Å². The number of aromatic nitrogens is 1. The van der Waals surface area contributed by atoms with Crippen LogP contribution in [0.25, 0.3) is 0 Å². The monoisotopic (exact) mass is 321 g/mol. The summed E-state index contributed by atoms with van der Waals surface area (Å²) in [4.78, 5) is 4.10. The van der Waals surface area contributed by atoms with Crippen molar-refractivity contribution < 1.29 is 4.74 Å². The molecule has 0 unspecified atom stereocenters. The molecule has 0 amide bonds. The average Bonchev–Trinajstić information content (AvgIpc) is 2.32. The molecule has 0 aliphatic carbocycles. The largest absolute Gasteiger partial charge is 0.486 e. The first-order valence-electron chi connectivity index (χ1n) is 4.95. The standard InChI is InChI=1S/C12H7Cl4NO/c13-8-4-10(15)11(5-9(8)14)18-6-7-2-1-3-12(16)17-7/h1-5H,6H2. The molecule has 0 bridgehead atoms. The fourth-order valence-corrected chi connectivity index (χ4v) is 2.07. The van der Waals surface area contributed by atoms with Gasteiger partial charge in [0.1, 0.15) is 17.5 Å². The highest BCUT2D eigenvalue weighted by molar-refractivity contribution is 6.43. The Morgan fingerprint density at radius 1 is 0.944 bits per heavy atom. The first kappa shape index (κ1) is 13.8. The van der Waals surface area contributed by atoms with E-state index in [2.05, 4.69) is 4.98 Å². The second-order valence-electron chi connectivity index (χ2n) is 3.44. The smallest absolute Gasteiger partial charge is 0.140 e. The minimum atomic E-state index is 0.248. The molecule has 2 nitrogen and oxygen atoms in total. The van der Waals surface area contributed by atoms with Gasteiger partial charge in [-0.25, -0.2) is 4.98 Å². The number of nitrogens with zero attached hydrogens (tertiary/aromatic N) is 1. The summed E-state index contributed by atoms with van der Waals surface area (Å²) in [6, 6.07) is 8.39. The van der Waals surface area contributed by atoms with Crippen molar-refractivity contribution in [2.24, 2.45) is 0 Å². The fourth-order valence-electron chi connectivity index (χ4n) is 1.30. The van der Waals surface area contributed by atoms with Gasteiger partial charge in [0.25, 0.3) is 0 Å². The minimum absolute atomic E-state index is 0.248. The van der Waals surface area contributed by atoms with E-state index in [1.165, 1.54) is 6.07 Å². The van der Waals surface area contributed by atoms with Crippen LogP contribution in [0, 0.1) is 0 Å². The highest BCUT2D eigenvalue weighted by Gasteiger charge is 2.07. The molecule has 6 heteroatoms. The third kappa shape index (κ3) is 3.42. The Balaban J connectivity index is 2.13. The summed E-state index contributed by atoms with van der Waals surface area (Å²) in [6.07, 6.45) is 0. The number of rotatable bonds is 3. The van der Waals surface area contributed by atoms with Crippen LogP contribution in [0.5, 0.6) is 5.75 Å². The molecule has 2 aromatic rings. The SMILES string of the molecule is Clc1cccc(COc2cc(Cl)c(Cl)cc2Cl)n1. The first-order valence-corrected chi connectivity index (χ1v) is 6.46. The molecule has 0 aliphatic rings. The van der Waals surface area contributed by atoms with E-state index in [0.29, 0.717) is 31.7 Å². The Morgan fingerprint density at radius 2 is 1.67 bits per heavy atom. The van der Waals surface area contributed by atoms with Crippen molar-refractivity contribution >= 4 is 46.4 Å². The predicted octanol–water partition coefficient (Wildman–Crippen LogP) is 5.27. The normalized spacial score (nSPS) is 10.4. The third-order valence-corrected chi connectivity index (χ3v) is 3.35. The van der Waals surface area contributed by atoms with Crippen molar-refractivity contribution in [1.82, 2.24) is 4.98 Å². The molecular weight excluding hydrogens is 316 g/mol. The van der Waals surface area contributed by atoms with Gasteiger partial charge in [0.05, 0.1) is 20.8 Å². The van der Waals surface area contributed by atoms with Gasteiger partial charge in [0, 0.05) is 6.07 Å². The molecule has 0 fully saturated rings. The van der Waals surface area contributed by atoms with Gasteiger partial charge in [-0.05, 0) is 18.2 Å². The second kappa shape index (κ2) is 5.98. The van der Waals surface area contributed by atoms with Gasteiger partial charge in [-0.1, -0.05) is 52.5 Å². The fraction of sp³-hybridized carbons (Fsp3) is 0.0833. The van der Waals surface area contributed by atoms with E-state index in [-0.39, 0.29) is 6.61 Å². The summed E-state index contributed by atoms with van der Waals surface area (Å²) in [5.41, 5.74) is 0.699. The number of ether oxygens (including phenoxy) is 1. The van der Waals surface area contributed by atoms with Crippen molar-refractivity contribution in [3.63, 3.8) is 0 Å². The maximum absolute atomic E-state index is 5.98. The molecule has 0 saturated heterocycles. The van der Waals surface area contributed by atoms with Gasteiger partial charge in [0.15, 0.2) is 0 Å². The summed E-state index contributed by atoms with van der Waals surface area (Å²) in [7, 11) is 0. The van der Waals surface area contributed by atoms with Crippen molar-refractivity contribution in [2.45, 2.75) is 6.61 Å². The van der Waals surface area contributed by atoms with Crippen LogP contribution < -0.4 is 4.74 Å². The van der Waals surface area contributed by atoms with Crippen LogP contribution in [0.2, 0.25) is 20.2 Å². The molecule has 1 aromatic heterocycles. The zero-order valence-corrected chi connectivity index (χ0v) is 12.0. The topological polar surface area (TPSA) is 22.1 Å². The second-order valence-corrected chi connectivity index (χ2v) is 5.05. The highest BCUT2D eigenvalue weighted by atomic mass is 35.5. The lowest BCUT2D eigenvalue weighted by Crippen LogP contribution is -1.98. The van der Waals surface area contributed by atoms with E-state index in [4.69, 9.17) is 51.1 Å². The molecular formula is C12H7Cl4NO. The molecule has 2 rings (SSSR count). The molecule has 0 spiro atoms. The summed E-state index contributed by atoms with van der Waals surface area (Å²) in [5.74, 6) is 0.452. The molecule has 94 valence electrons. The maximum Gasteiger partial charge on any atom is 0.140 e.